The first-order chi connectivity index (χ1) is 7.27. The van der Waals surface area contributed by atoms with Crippen molar-refractivity contribution in [1.29, 1.82) is 0 Å². The molecule has 1 saturated heterocycles. The van der Waals surface area contributed by atoms with Crippen LogP contribution >= 0.6 is 15.9 Å². The molecule has 1 aliphatic heterocycles. The first-order valence-corrected chi connectivity index (χ1v) is 6.21. The highest BCUT2D eigenvalue weighted by Crippen LogP contribution is 2.27. The van der Waals surface area contributed by atoms with Gasteiger partial charge in [0.25, 0.3) is 0 Å². The molecule has 1 aliphatic rings. The van der Waals surface area contributed by atoms with Gasteiger partial charge in [-0.15, -0.1) is 0 Å². The van der Waals surface area contributed by atoms with E-state index in [2.05, 4.69) is 21.2 Å². The van der Waals surface area contributed by atoms with Crippen molar-refractivity contribution in [1.82, 2.24) is 5.32 Å². The predicted molar refractivity (Wildman–Crippen MR) is 64.7 cm³/mol. The molecule has 0 bridgehead atoms. The SMILES string of the molecule is O[C@@H](c1ccc(Br)cc1)[C@H]1CCCNC1. The van der Waals surface area contributed by atoms with Gasteiger partial charge in [-0.2, -0.15) is 0 Å². The summed E-state index contributed by atoms with van der Waals surface area (Å²) in [6.07, 6.45) is 1.95. The van der Waals surface area contributed by atoms with Gasteiger partial charge in [0, 0.05) is 16.9 Å². The van der Waals surface area contributed by atoms with E-state index in [0.717, 1.165) is 36.0 Å². The van der Waals surface area contributed by atoms with Gasteiger partial charge in [-0.25, -0.2) is 0 Å². The number of piperidine rings is 1. The van der Waals surface area contributed by atoms with Crippen LogP contribution in [0.3, 0.4) is 0 Å². The van der Waals surface area contributed by atoms with E-state index in [0.29, 0.717) is 5.92 Å². The van der Waals surface area contributed by atoms with Gasteiger partial charge >= 0.3 is 0 Å². The average Bonchev–Trinajstić information content (AvgIpc) is 2.30. The zero-order valence-electron chi connectivity index (χ0n) is 8.62. The van der Waals surface area contributed by atoms with Gasteiger partial charge in [0.1, 0.15) is 0 Å². The lowest BCUT2D eigenvalue weighted by Gasteiger charge is -2.27. The second-order valence-corrected chi connectivity index (χ2v) is 5.02. The van der Waals surface area contributed by atoms with E-state index in [-0.39, 0.29) is 6.10 Å². The molecule has 0 unspecified atom stereocenters. The third kappa shape index (κ3) is 2.80. The summed E-state index contributed by atoms with van der Waals surface area (Å²) in [5.41, 5.74) is 1.02. The van der Waals surface area contributed by atoms with E-state index in [4.69, 9.17) is 0 Å². The fraction of sp³-hybridized carbons (Fsp3) is 0.500. The maximum Gasteiger partial charge on any atom is 0.0830 e. The van der Waals surface area contributed by atoms with Gasteiger partial charge in [-0.1, -0.05) is 28.1 Å². The van der Waals surface area contributed by atoms with Gasteiger partial charge in [-0.3, -0.25) is 0 Å². The average molecular weight is 270 g/mol. The van der Waals surface area contributed by atoms with Gasteiger partial charge < -0.3 is 10.4 Å². The Morgan fingerprint density at radius 1 is 1.33 bits per heavy atom. The van der Waals surface area contributed by atoms with E-state index in [1.54, 1.807) is 0 Å². The molecule has 2 N–H and O–H groups in total. The Hall–Kier alpha value is -0.380. The predicted octanol–water partition coefficient (Wildman–Crippen LogP) is 2.48. The van der Waals surface area contributed by atoms with Crippen molar-refractivity contribution in [3.05, 3.63) is 34.3 Å². The van der Waals surface area contributed by atoms with E-state index < -0.39 is 0 Å². The zero-order valence-corrected chi connectivity index (χ0v) is 10.2. The standard InChI is InChI=1S/C12H16BrNO/c13-11-5-3-9(4-6-11)12(15)10-2-1-7-14-8-10/h3-6,10,12,14-15H,1-2,7-8H2/t10-,12-/m0/s1. The third-order valence-electron chi connectivity index (χ3n) is 2.99. The molecule has 0 aliphatic carbocycles. The molecule has 0 amide bonds. The number of aliphatic hydroxyl groups is 1. The molecule has 3 heteroatoms. The molecule has 15 heavy (non-hydrogen) atoms. The van der Waals surface area contributed by atoms with Gasteiger partial charge in [0.2, 0.25) is 0 Å². The first kappa shape index (κ1) is 11.1. The van der Waals surface area contributed by atoms with Crippen LogP contribution in [0, 0.1) is 5.92 Å². The highest BCUT2D eigenvalue weighted by Gasteiger charge is 2.22. The van der Waals surface area contributed by atoms with Gasteiger partial charge in [0.15, 0.2) is 0 Å². The van der Waals surface area contributed by atoms with E-state index in [1.165, 1.54) is 0 Å². The minimum atomic E-state index is -0.328. The van der Waals surface area contributed by atoms with Crippen LogP contribution in [0.4, 0.5) is 0 Å². The summed E-state index contributed by atoms with van der Waals surface area (Å²) in [6, 6.07) is 7.94. The normalized spacial score (nSPS) is 23.7. The number of nitrogens with one attached hydrogen (secondary N) is 1. The van der Waals surface area contributed by atoms with Crippen LogP contribution < -0.4 is 5.32 Å². The molecule has 2 atom stereocenters. The Balaban J connectivity index is 2.05. The van der Waals surface area contributed by atoms with Crippen LogP contribution in [0.5, 0.6) is 0 Å². The van der Waals surface area contributed by atoms with Crippen LogP contribution in [0.15, 0.2) is 28.7 Å². The maximum absolute atomic E-state index is 10.2. The summed E-state index contributed by atoms with van der Waals surface area (Å²) in [4.78, 5) is 0. The molecule has 1 fully saturated rings. The molecule has 0 spiro atoms. The second kappa shape index (κ2) is 5.10. The highest BCUT2D eigenvalue weighted by molar-refractivity contribution is 9.10. The lowest BCUT2D eigenvalue weighted by molar-refractivity contribution is 0.0921. The van der Waals surface area contributed by atoms with E-state index in [1.807, 2.05) is 24.3 Å². The van der Waals surface area contributed by atoms with Crippen molar-refractivity contribution in [3.63, 3.8) is 0 Å². The van der Waals surface area contributed by atoms with E-state index >= 15 is 0 Å². The Bertz CT molecular complexity index is 306. The number of aliphatic hydroxyl groups excluding tert-OH is 1. The largest absolute Gasteiger partial charge is 0.388 e. The number of halogens is 1. The molecule has 2 nitrogen and oxygen atoms in total. The molecular weight excluding hydrogens is 254 g/mol. The summed E-state index contributed by atoms with van der Waals surface area (Å²) in [5.74, 6) is 0.361. The number of hydrogen-bond acceptors (Lipinski definition) is 2. The van der Waals surface area contributed by atoms with Crippen molar-refractivity contribution in [3.8, 4) is 0 Å². The fourth-order valence-electron chi connectivity index (χ4n) is 2.08. The molecule has 1 aromatic rings. The van der Waals surface area contributed by atoms with E-state index in [9.17, 15) is 5.11 Å². The highest BCUT2D eigenvalue weighted by atomic mass is 79.9. The Morgan fingerprint density at radius 2 is 2.07 bits per heavy atom. The smallest absolute Gasteiger partial charge is 0.0830 e. The molecule has 1 aromatic carbocycles. The zero-order chi connectivity index (χ0) is 10.7. The Kier molecular flexibility index (Phi) is 3.78. The van der Waals surface area contributed by atoms with Crippen molar-refractivity contribution < 1.29 is 5.11 Å². The molecule has 2 rings (SSSR count). The van der Waals surface area contributed by atoms with Crippen molar-refractivity contribution in [2.45, 2.75) is 18.9 Å². The van der Waals surface area contributed by atoms with Crippen LogP contribution in [0.2, 0.25) is 0 Å². The fourth-order valence-corrected chi connectivity index (χ4v) is 2.34. The molecule has 0 radical (unpaired) electrons. The molecule has 1 heterocycles. The summed E-state index contributed by atoms with van der Waals surface area (Å²) in [5, 5.41) is 13.5. The van der Waals surface area contributed by atoms with Crippen molar-refractivity contribution in [2.75, 3.05) is 13.1 Å². The van der Waals surface area contributed by atoms with Crippen LogP contribution in [-0.4, -0.2) is 18.2 Å². The maximum atomic E-state index is 10.2. The molecular formula is C12H16BrNO. The number of benzene rings is 1. The summed E-state index contributed by atoms with van der Waals surface area (Å²) < 4.78 is 1.06. The summed E-state index contributed by atoms with van der Waals surface area (Å²) in [6.45, 7) is 2.01. The quantitative estimate of drug-likeness (QED) is 0.865. The van der Waals surface area contributed by atoms with Gasteiger partial charge in [-0.05, 0) is 37.1 Å². The first-order valence-electron chi connectivity index (χ1n) is 5.41. The van der Waals surface area contributed by atoms with Gasteiger partial charge in [0.05, 0.1) is 6.10 Å². The topological polar surface area (TPSA) is 32.3 Å². The summed E-state index contributed by atoms with van der Waals surface area (Å²) >= 11 is 3.40. The minimum Gasteiger partial charge on any atom is -0.388 e. The Labute approximate surface area is 98.8 Å². The number of hydrogen-bond donors (Lipinski definition) is 2. The van der Waals surface area contributed by atoms with Crippen LogP contribution in [-0.2, 0) is 0 Å². The molecule has 82 valence electrons. The lowest BCUT2D eigenvalue weighted by Crippen LogP contribution is -2.33. The monoisotopic (exact) mass is 269 g/mol. The lowest BCUT2D eigenvalue weighted by atomic mass is 9.89. The summed E-state index contributed by atoms with van der Waals surface area (Å²) in [7, 11) is 0. The number of rotatable bonds is 2. The Morgan fingerprint density at radius 3 is 2.67 bits per heavy atom. The molecule has 0 saturated carbocycles. The minimum absolute atomic E-state index is 0.328. The third-order valence-corrected chi connectivity index (χ3v) is 3.52. The van der Waals surface area contributed by atoms with Crippen LogP contribution in [0.25, 0.3) is 0 Å². The second-order valence-electron chi connectivity index (χ2n) is 4.10. The van der Waals surface area contributed by atoms with Crippen LogP contribution in [0.1, 0.15) is 24.5 Å². The van der Waals surface area contributed by atoms with Crippen molar-refractivity contribution in [2.24, 2.45) is 5.92 Å². The van der Waals surface area contributed by atoms with Crippen molar-refractivity contribution >= 4 is 15.9 Å². The molecule has 0 aromatic heterocycles.